The molecule has 6 nitrogen and oxygen atoms in total. The summed E-state index contributed by atoms with van der Waals surface area (Å²) in [5.41, 5.74) is -0.346. The molecule has 0 saturated carbocycles. The number of aromatic hydroxyl groups is 2. The molecule has 3 rings (SSSR count). The molecule has 0 atom stereocenters. The van der Waals surface area contributed by atoms with Crippen molar-refractivity contribution in [3.8, 4) is 22.8 Å². The molecule has 0 saturated heterocycles. The topological polar surface area (TPSA) is 91.2 Å². The Kier molecular flexibility index (Phi) is 4.14. The molecule has 0 fully saturated rings. The largest absolute Gasteiger partial charge is 0.504 e. The van der Waals surface area contributed by atoms with Crippen molar-refractivity contribution in [1.29, 1.82) is 0 Å². The first-order valence-electron chi connectivity index (χ1n) is 6.98. The van der Waals surface area contributed by atoms with E-state index >= 15 is 0 Å². The van der Waals surface area contributed by atoms with Crippen molar-refractivity contribution in [1.82, 2.24) is 15.0 Å². The second kappa shape index (κ2) is 6.27. The predicted molar refractivity (Wildman–Crippen MR) is 83.3 cm³/mol. The third kappa shape index (κ3) is 3.60. The zero-order chi connectivity index (χ0) is 18.0. The monoisotopic (exact) mass is 348 g/mol. The smallest absolute Gasteiger partial charge is 0.419 e. The van der Waals surface area contributed by atoms with Crippen LogP contribution in [0.3, 0.4) is 0 Å². The maximum atomic E-state index is 13.0. The summed E-state index contributed by atoms with van der Waals surface area (Å²) >= 11 is 0. The molecule has 128 valence electrons. The van der Waals surface area contributed by atoms with Gasteiger partial charge in [-0.3, -0.25) is 4.98 Å². The molecule has 0 aliphatic carbocycles. The van der Waals surface area contributed by atoms with E-state index in [1.54, 1.807) is 0 Å². The van der Waals surface area contributed by atoms with Crippen LogP contribution >= 0.6 is 0 Å². The number of phenolic OH excluding ortho intramolecular Hbond substituents is 2. The Morgan fingerprint density at radius 1 is 0.960 bits per heavy atom. The van der Waals surface area contributed by atoms with E-state index in [-0.39, 0.29) is 23.1 Å². The van der Waals surface area contributed by atoms with Crippen molar-refractivity contribution in [3.05, 3.63) is 54.5 Å². The summed E-state index contributed by atoms with van der Waals surface area (Å²) < 4.78 is 39.0. The van der Waals surface area contributed by atoms with E-state index in [1.165, 1.54) is 42.7 Å². The van der Waals surface area contributed by atoms with Gasteiger partial charge in [0.2, 0.25) is 5.95 Å². The molecule has 0 amide bonds. The highest BCUT2D eigenvalue weighted by Gasteiger charge is 2.34. The molecule has 2 heterocycles. The Morgan fingerprint density at radius 3 is 2.48 bits per heavy atom. The number of nitrogens with one attached hydrogen (secondary N) is 1. The first kappa shape index (κ1) is 16.5. The fourth-order valence-electron chi connectivity index (χ4n) is 2.11. The molecule has 2 aromatic heterocycles. The molecule has 0 spiro atoms. The quantitative estimate of drug-likeness (QED) is 0.625. The molecular formula is C16H11F3N4O2. The first-order chi connectivity index (χ1) is 11.8. The molecule has 0 aliphatic heterocycles. The fraction of sp³-hybridized carbons (Fsp3) is 0.0625. The van der Waals surface area contributed by atoms with Gasteiger partial charge < -0.3 is 15.5 Å². The number of hydrogen-bond acceptors (Lipinski definition) is 6. The molecule has 0 bridgehead atoms. The van der Waals surface area contributed by atoms with Crippen LogP contribution in [-0.2, 0) is 6.18 Å². The predicted octanol–water partition coefficient (Wildman–Crippen LogP) is 3.71. The minimum absolute atomic E-state index is 0.0539. The van der Waals surface area contributed by atoms with Crippen molar-refractivity contribution in [2.75, 3.05) is 5.32 Å². The highest BCUT2D eigenvalue weighted by molar-refractivity contribution is 5.66. The van der Waals surface area contributed by atoms with Crippen LogP contribution in [0.15, 0.2) is 48.9 Å². The number of rotatable bonds is 3. The van der Waals surface area contributed by atoms with E-state index in [1.807, 2.05) is 0 Å². The van der Waals surface area contributed by atoms with Crippen LogP contribution in [0.5, 0.6) is 11.5 Å². The Labute approximate surface area is 139 Å². The third-order valence-electron chi connectivity index (χ3n) is 3.30. The van der Waals surface area contributed by atoms with Gasteiger partial charge in [-0.25, -0.2) is 9.97 Å². The van der Waals surface area contributed by atoms with E-state index < -0.39 is 11.7 Å². The lowest BCUT2D eigenvalue weighted by Gasteiger charge is -2.13. The van der Waals surface area contributed by atoms with Gasteiger partial charge in [-0.05, 0) is 30.3 Å². The number of aromatic nitrogens is 3. The summed E-state index contributed by atoms with van der Waals surface area (Å²) in [5.74, 6) is -0.677. The summed E-state index contributed by atoms with van der Waals surface area (Å²) in [7, 11) is 0. The van der Waals surface area contributed by atoms with Gasteiger partial charge in [-0.2, -0.15) is 13.2 Å². The zero-order valence-corrected chi connectivity index (χ0v) is 12.5. The highest BCUT2D eigenvalue weighted by Crippen LogP contribution is 2.35. The average molecular weight is 348 g/mol. The number of benzene rings is 1. The van der Waals surface area contributed by atoms with Crippen LogP contribution in [0.1, 0.15) is 5.56 Å². The Bertz CT molecular complexity index is 916. The van der Waals surface area contributed by atoms with Crippen molar-refractivity contribution >= 4 is 11.6 Å². The van der Waals surface area contributed by atoms with Crippen LogP contribution < -0.4 is 5.32 Å². The van der Waals surface area contributed by atoms with Crippen LogP contribution in [0, 0.1) is 0 Å². The fourth-order valence-corrected chi connectivity index (χ4v) is 2.11. The molecule has 3 N–H and O–H groups in total. The Balaban J connectivity index is 1.94. The minimum Gasteiger partial charge on any atom is -0.504 e. The molecule has 0 unspecified atom stereocenters. The zero-order valence-electron chi connectivity index (χ0n) is 12.5. The molecular weight excluding hydrogens is 337 g/mol. The SMILES string of the molecule is Oc1ccc(-c2ccnc(Nc3ccncc3C(F)(F)F)n2)cc1O. The van der Waals surface area contributed by atoms with E-state index in [0.717, 1.165) is 0 Å². The lowest BCUT2D eigenvalue weighted by Crippen LogP contribution is -2.10. The number of hydrogen-bond donors (Lipinski definition) is 3. The van der Waals surface area contributed by atoms with E-state index in [2.05, 4.69) is 20.3 Å². The normalized spacial score (nSPS) is 11.3. The first-order valence-corrected chi connectivity index (χ1v) is 6.98. The van der Waals surface area contributed by atoms with Gasteiger partial charge in [0, 0.05) is 24.2 Å². The number of phenols is 2. The lowest BCUT2D eigenvalue weighted by atomic mass is 10.1. The molecule has 3 aromatic rings. The van der Waals surface area contributed by atoms with E-state index in [4.69, 9.17) is 0 Å². The summed E-state index contributed by atoms with van der Waals surface area (Å²) in [5, 5.41) is 21.4. The standard InChI is InChI=1S/C16H11F3N4O2/c17-16(18,19)10-8-20-5-3-12(10)23-15-21-6-4-11(22-15)9-1-2-13(24)14(25)7-9/h1-8,24-25H,(H,20,21,22,23). The molecule has 0 radical (unpaired) electrons. The van der Waals surface area contributed by atoms with Gasteiger partial charge >= 0.3 is 6.18 Å². The molecule has 1 aromatic carbocycles. The molecule has 25 heavy (non-hydrogen) atoms. The minimum atomic E-state index is -4.57. The van der Waals surface area contributed by atoms with Gasteiger partial charge in [0.15, 0.2) is 11.5 Å². The average Bonchev–Trinajstić information content (AvgIpc) is 2.57. The second-order valence-electron chi connectivity index (χ2n) is 5.01. The van der Waals surface area contributed by atoms with E-state index in [0.29, 0.717) is 17.5 Å². The number of pyridine rings is 1. The van der Waals surface area contributed by atoms with Gasteiger partial charge in [-0.1, -0.05) is 0 Å². The summed E-state index contributed by atoms with van der Waals surface area (Å²) in [6.07, 6.45) is -1.27. The van der Waals surface area contributed by atoms with Gasteiger partial charge in [-0.15, -0.1) is 0 Å². The van der Waals surface area contributed by atoms with Crippen LogP contribution in [0.25, 0.3) is 11.3 Å². The lowest BCUT2D eigenvalue weighted by molar-refractivity contribution is -0.137. The van der Waals surface area contributed by atoms with Crippen LogP contribution in [0.4, 0.5) is 24.8 Å². The van der Waals surface area contributed by atoms with E-state index in [9.17, 15) is 23.4 Å². The van der Waals surface area contributed by atoms with Crippen LogP contribution in [0.2, 0.25) is 0 Å². The number of nitrogens with zero attached hydrogens (tertiary/aromatic N) is 3. The van der Waals surface area contributed by atoms with Gasteiger partial charge in [0.1, 0.15) is 0 Å². The number of alkyl halides is 3. The maximum Gasteiger partial charge on any atom is 0.419 e. The highest BCUT2D eigenvalue weighted by atomic mass is 19.4. The molecule has 0 aliphatic rings. The number of halogens is 3. The van der Waals surface area contributed by atoms with Gasteiger partial charge in [0.05, 0.1) is 16.9 Å². The number of anilines is 2. The molecule has 9 heteroatoms. The maximum absolute atomic E-state index is 13.0. The van der Waals surface area contributed by atoms with Gasteiger partial charge in [0.25, 0.3) is 0 Å². The van der Waals surface area contributed by atoms with Crippen molar-refractivity contribution in [2.45, 2.75) is 6.18 Å². The van der Waals surface area contributed by atoms with Crippen molar-refractivity contribution in [3.63, 3.8) is 0 Å². The van der Waals surface area contributed by atoms with Crippen molar-refractivity contribution < 1.29 is 23.4 Å². The summed E-state index contributed by atoms with van der Waals surface area (Å²) in [6, 6.07) is 6.77. The van der Waals surface area contributed by atoms with Crippen molar-refractivity contribution in [2.24, 2.45) is 0 Å². The summed E-state index contributed by atoms with van der Waals surface area (Å²) in [4.78, 5) is 11.5. The summed E-state index contributed by atoms with van der Waals surface area (Å²) in [6.45, 7) is 0. The Hall–Kier alpha value is -3.36. The third-order valence-corrected chi connectivity index (χ3v) is 3.30. The van der Waals surface area contributed by atoms with Crippen LogP contribution in [-0.4, -0.2) is 25.2 Å². The second-order valence-corrected chi connectivity index (χ2v) is 5.01. The Morgan fingerprint density at radius 2 is 1.76 bits per heavy atom.